The fourth-order valence-corrected chi connectivity index (χ4v) is 10.3. The van der Waals surface area contributed by atoms with Crippen LogP contribution in [0.5, 0.6) is 35.0 Å². The largest absolute Gasteiger partial charge is 0.573 e. The summed E-state index contributed by atoms with van der Waals surface area (Å²) in [4.78, 5) is 62.3. The molecule has 0 radical (unpaired) electrons. The second kappa shape index (κ2) is 25.9. The van der Waals surface area contributed by atoms with Crippen LogP contribution in [0.1, 0.15) is 75.3 Å². The maximum Gasteiger partial charge on any atom is 0.573 e. The number of rotatable bonds is 17. The van der Waals surface area contributed by atoms with Crippen molar-refractivity contribution in [3.8, 4) is 35.0 Å². The molecular weight excluding hydrogens is 1200 g/mol. The molecule has 2 aliphatic carbocycles. The van der Waals surface area contributed by atoms with Gasteiger partial charge in [0.1, 0.15) is 23.0 Å². The molecule has 4 aromatic carbocycles. The van der Waals surface area contributed by atoms with E-state index in [0.29, 0.717) is 29.3 Å². The first-order valence-corrected chi connectivity index (χ1v) is 28.8. The van der Waals surface area contributed by atoms with Gasteiger partial charge in [0.05, 0.1) is 37.2 Å². The quantitative estimate of drug-likeness (QED) is 0.0567. The van der Waals surface area contributed by atoms with Gasteiger partial charge in [-0.2, -0.15) is 18.4 Å². The van der Waals surface area contributed by atoms with Gasteiger partial charge >= 0.3 is 36.1 Å². The molecule has 30 heteroatoms. The Morgan fingerprint density at radius 2 is 1.04 bits per heavy atom. The lowest BCUT2D eigenvalue weighted by molar-refractivity contribution is -0.275. The minimum Gasteiger partial charge on any atom is -0.425 e. The molecule has 0 aliphatic heterocycles. The van der Waals surface area contributed by atoms with E-state index in [-0.39, 0.29) is 78.5 Å². The monoisotopic (exact) mass is 1250 g/mol. The van der Waals surface area contributed by atoms with Crippen molar-refractivity contribution in [1.82, 2.24) is 37.8 Å². The van der Waals surface area contributed by atoms with Gasteiger partial charge in [-0.05, 0) is 91.8 Å². The molecule has 4 aromatic heterocycles. The molecule has 0 amide bonds. The number of aliphatic hydroxyl groups is 2. The van der Waals surface area contributed by atoms with Crippen molar-refractivity contribution in [2.24, 2.45) is 14.1 Å². The Morgan fingerprint density at radius 1 is 0.612 bits per heavy atom. The maximum atomic E-state index is 13.7. The van der Waals surface area contributed by atoms with Crippen LogP contribution in [0.2, 0.25) is 10.0 Å². The standard InChI is InChI=1S/C27H26ClF3N4O5.C20H14ClF3N4O4.C8H16O4S/c1-33-22-21(23(36)34(25(33)37)14-13-26(38)11-2-3-12-26)35(16-17-7-9-18(28)10-8-17)24(32-22)39-19-5-4-6-20(15-19)40-27(29,30)31;1-27-16-15(17(29)26-18(27)30)28(10-11-5-7-12(21)8-6-11)19(25-16)31-13-3-2-4-14(9-13)32-20(22,23)24;1-13(10,11)12-7-6-8(9)4-2-3-5-8/h4-10,15,38H,2-3,11-14,16H2,1H3;2-9H,10H2,1H3,(H,26,29,30);9H,2-7H2,1H3. The van der Waals surface area contributed by atoms with Crippen LogP contribution in [-0.4, -0.2) is 93.2 Å². The number of fused-ring (bicyclic) bond motifs is 2. The van der Waals surface area contributed by atoms with Crippen LogP contribution in [-0.2, 0) is 48.0 Å². The molecule has 0 atom stereocenters. The van der Waals surface area contributed by atoms with Crippen LogP contribution in [0.3, 0.4) is 0 Å². The van der Waals surface area contributed by atoms with Crippen molar-refractivity contribution >= 4 is 55.6 Å². The van der Waals surface area contributed by atoms with E-state index in [4.69, 9.17) is 32.7 Å². The molecule has 2 saturated carbocycles. The Hall–Kier alpha value is -7.63. The number of hydrogen-bond donors (Lipinski definition) is 3. The fourth-order valence-electron chi connectivity index (χ4n) is 9.71. The van der Waals surface area contributed by atoms with E-state index in [1.165, 1.54) is 52.1 Å². The van der Waals surface area contributed by atoms with Crippen LogP contribution < -0.4 is 41.4 Å². The number of nitrogens with zero attached hydrogens (tertiary/aromatic N) is 7. The molecule has 8 aromatic rings. The smallest absolute Gasteiger partial charge is 0.425 e. The van der Waals surface area contributed by atoms with Crippen LogP contribution in [0.25, 0.3) is 22.3 Å². The van der Waals surface area contributed by atoms with Gasteiger partial charge in [-0.3, -0.25) is 41.6 Å². The van der Waals surface area contributed by atoms with Crippen LogP contribution >= 0.6 is 23.2 Å². The normalized spacial score (nSPS) is 14.8. The topological polar surface area (TPSA) is 255 Å². The third kappa shape index (κ3) is 16.8. The summed E-state index contributed by atoms with van der Waals surface area (Å²) < 4.78 is 127. The zero-order valence-electron chi connectivity index (χ0n) is 45.6. The maximum absolute atomic E-state index is 13.7. The van der Waals surface area contributed by atoms with E-state index in [2.05, 4.69) is 28.6 Å². The highest BCUT2D eigenvalue weighted by molar-refractivity contribution is 7.85. The van der Waals surface area contributed by atoms with Gasteiger partial charge in [0.25, 0.3) is 21.2 Å². The highest BCUT2D eigenvalue weighted by Crippen LogP contribution is 2.35. The molecule has 0 unspecified atom stereocenters. The first kappa shape index (κ1) is 63.4. The Bertz CT molecular complexity index is 4040. The molecule has 21 nitrogen and oxygen atoms in total. The minimum atomic E-state index is -4.89. The number of benzene rings is 4. The molecule has 456 valence electrons. The average Bonchev–Trinajstić information content (AvgIpc) is 1.75. The van der Waals surface area contributed by atoms with Gasteiger partial charge in [0.15, 0.2) is 22.3 Å². The molecule has 4 heterocycles. The van der Waals surface area contributed by atoms with Crippen molar-refractivity contribution in [3.63, 3.8) is 0 Å². The first-order valence-electron chi connectivity index (χ1n) is 26.2. The predicted molar refractivity (Wildman–Crippen MR) is 299 cm³/mol. The Labute approximate surface area is 489 Å². The molecule has 3 N–H and O–H groups in total. The van der Waals surface area contributed by atoms with Gasteiger partial charge in [-0.25, -0.2) is 9.59 Å². The van der Waals surface area contributed by atoms with Crippen molar-refractivity contribution in [3.05, 3.63) is 160 Å². The lowest BCUT2D eigenvalue weighted by Gasteiger charge is -2.22. The summed E-state index contributed by atoms with van der Waals surface area (Å²) in [7, 11) is -0.471. The summed E-state index contributed by atoms with van der Waals surface area (Å²) >= 11 is 11.9. The van der Waals surface area contributed by atoms with Gasteiger partial charge in [0.2, 0.25) is 0 Å². The zero-order valence-corrected chi connectivity index (χ0v) is 47.9. The van der Waals surface area contributed by atoms with Gasteiger partial charge in [-0.1, -0.05) is 85.3 Å². The summed E-state index contributed by atoms with van der Waals surface area (Å²) in [6.07, 6.45) is -1.54. The summed E-state index contributed by atoms with van der Waals surface area (Å²) in [5, 5.41) is 21.6. The molecule has 2 aliphatic rings. The molecular formula is C55H56Cl2F6N8O13S. The van der Waals surface area contributed by atoms with E-state index in [0.717, 1.165) is 89.3 Å². The average molecular weight is 1250 g/mol. The molecule has 10 rings (SSSR count). The molecule has 0 saturated heterocycles. The summed E-state index contributed by atoms with van der Waals surface area (Å²) in [5.74, 6) is -1.02. The third-order valence-corrected chi connectivity index (χ3v) is 15.0. The van der Waals surface area contributed by atoms with Crippen LogP contribution in [0.4, 0.5) is 26.3 Å². The number of hydrogen-bond acceptors (Lipinski definition) is 15. The summed E-state index contributed by atoms with van der Waals surface area (Å²) in [6.45, 7) is 0.300. The van der Waals surface area contributed by atoms with E-state index in [9.17, 15) is 64.2 Å². The molecule has 85 heavy (non-hydrogen) atoms. The number of aromatic nitrogens is 8. The fraction of sp³-hybridized carbons (Fsp3) is 0.382. The van der Waals surface area contributed by atoms with Gasteiger partial charge < -0.3 is 29.2 Å². The number of aryl methyl sites for hydroxylation is 2. The van der Waals surface area contributed by atoms with E-state index in [1.807, 2.05) is 0 Å². The SMILES string of the molecule is CS(=O)(=O)OCCC1(O)CCCC1.Cn1c(=O)[nH]c(=O)c2c1nc(Oc1cccc(OC(F)(F)F)c1)n2Cc1ccc(Cl)cc1.Cn1c(=O)n(CCC2(O)CCCC2)c(=O)c2c1nc(Oc1cccc(OC(F)(F)F)c1)n2Cc1ccc(Cl)cc1. The summed E-state index contributed by atoms with van der Waals surface area (Å²) in [6, 6.07) is 23.1. The van der Waals surface area contributed by atoms with Crippen molar-refractivity contribution < 1.29 is 68.1 Å². The highest BCUT2D eigenvalue weighted by Gasteiger charge is 2.35. The van der Waals surface area contributed by atoms with Crippen LogP contribution in [0.15, 0.2) is 116 Å². The molecule has 0 bridgehead atoms. The predicted octanol–water partition coefficient (Wildman–Crippen LogP) is 9.46. The first-order chi connectivity index (χ1) is 39.9. The van der Waals surface area contributed by atoms with E-state index in [1.54, 1.807) is 48.5 Å². The molecule has 2 fully saturated rings. The highest BCUT2D eigenvalue weighted by atomic mass is 35.5. The van der Waals surface area contributed by atoms with Crippen molar-refractivity contribution in [2.75, 3.05) is 12.9 Å². The lowest BCUT2D eigenvalue weighted by atomic mass is 9.98. The van der Waals surface area contributed by atoms with Crippen molar-refractivity contribution in [2.45, 2.75) is 108 Å². The minimum absolute atomic E-state index is 0.0110. The van der Waals surface area contributed by atoms with Crippen molar-refractivity contribution in [1.29, 1.82) is 0 Å². The Kier molecular flexibility index (Phi) is 19.3. The number of halogens is 8. The number of aromatic amines is 1. The number of ether oxygens (including phenoxy) is 4. The van der Waals surface area contributed by atoms with Gasteiger partial charge in [0, 0.05) is 49.2 Å². The Balaban J connectivity index is 0.000000186. The lowest BCUT2D eigenvalue weighted by Crippen LogP contribution is -2.41. The second-order valence-electron chi connectivity index (χ2n) is 20.3. The zero-order chi connectivity index (χ0) is 61.6. The van der Waals surface area contributed by atoms with E-state index >= 15 is 0 Å². The summed E-state index contributed by atoms with van der Waals surface area (Å²) in [5.41, 5.74) is -2.53. The number of imidazole rings is 2. The third-order valence-electron chi connectivity index (χ3n) is 13.9. The number of H-pyrrole nitrogens is 1. The second-order valence-corrected chi connectivity index (χ2v) is 22.8. The van der Waals surface area contributed by atoms with E-state index < -0.39 is 68.0 Å². The number of nitrogens with one attached hydrogen (secondary N) is 1. The number of alkyl halides is 6. The van der Waals surface area contributed by atoms with Gasteiger partial charge in [-0.15, -0.1) is 26.3 Å². The Morgan fingerprint density at radius 3 is 1.48 bits per heavy atom. The van der Waals surface area contributed by atoms with Crippen LogP contribution in [0, 0.1) is 0 Å². The molecule has 0 spiro atoms.